The second kappa shape index (κ2) is 6.43. The van der Waals surface area contributed by atoms with Crippen LogP contribution in [0.15, 0.2) is 0 Å². The summed E-state index contributed by atoms with van der Waals surface area (Å²) in [5.74, 6) is -1.58. The third-order valence-corrected chi connectivity index (χ3v) is 3.81. The average molecular weight is 314 g/mol. The number of amides is 1. The van der Waals surface area contributed by atoms with Gasteiger partial charge in [0.25, 0.3) is 0 Å². The number of anilines is 1. The molecule has 118 valence electrons. The molecule has 0 aromatic carbocycles. The standard InChI is InChI=1S/C14H22N2O4S/c1-7(2)9(11(17)18)10-8(3)15-12(21-10)16-13(19)20-14(4,5)6/h7,9H,1-6H3,(H,17,18)(H,15,16,19). The fourth-order valence-corrected chi connectivity index (χ4v) is 3.06. The molecule has 1 unspecified atom stereocenters. The van der Waals surface area contributed by atoms with E-state index < -0.39 is 23.6 Å². The van der Waals surface area contributed by atoms with Crippen LogP contribution in [0.25, 0.3) is 0 Å². The third kappa shape index (κ3) is 5.00. The SMILES string of the molecule is Cc1nc(NC(=O)OC(C)(C)C)sc1C(C(=O)O)C(C)C. The Labute approximate surface area is 128 Å². The summed E-state index contributed by atoms with van der Waals surface area (Å²) in [5, 5.41) is 12.2. The van der Waals surface area contributed by atoms with Gasteiger partial charge in [-0.25, -0.2) is 9.78 Å². The zero-order valence-corrected chi connectivity index (χ0v) is 14.0. The van der Waals surface area contributed by atoms with E-state index in [0.29, 0.717) is 15.7 Å². The second-order valence-electron chi connectivity index (χ2n) is 6.16. The molecule has 0 aliphatic carbocycles. The van der Waals surface area contributed by atoms with Gasteiger partial charge in [-0.15, -0.1) is 11.3 Å². The van der Waals surface area contributed by atoms with E-state index in [1.54, 1.807) is 27.7 Å². The van der Waals surface area contributed by atoms with Crippen LogP contribution in [-0.4, -0.2) is 27.8 Å². The van der Waals surface area contributed by atoms with Gasteiger partial charge in [0.2, 0.25) is 0 Å². The van der Waals surface area contributed by atoms with Gasteiger partial charge in [0, 0.05) is 4.88 Å². The van der Waals surface area contributed by atoms with Gasteiger partial charge in [-0.3, -0.25) is 10.1 Å². The number of nitrogens with one attached hydrogen (secondary N) is 1. The molecule has 0 radical (unpaired) electrons. The average Bonchev–Trinajstić information content (AvgIpc) is 2.55. The van der Waals surface area contributed by atoms with Crippen molar-refractivity contribution in [2.45, 2.75) is 53.1 Å². The Morgan fingerprint density at radius 2 is 1.90 bits per heavy atom. The zero-order valence-electron chi connectivity index (χ0n) is 13.2. The number of ether oxygens (including phenoxy) is 1. The van der Waals surface area contributed by atoms with Gasteiger partial charge in [0.05, 0.1) is 11.6 Å². The summed E-state index contributed by atoms with van der Waals surface area (Å²) in [4.78, 5) is 27.9. The Hall–Kier alpha value is -1.63. The molecule has 0 bridgehead atoms. The van der Waals surface area contributed by atoms with Gasteiger partial charge in [0.1, 0.15) is 5.60 Å². The monoisotopic (exact) mass is 314 g/mol. The topological polar surface area (TPSA) is 88.5 Å². The Balaban J connectivity index is 2.92. The van der Waals surface area contributed by atoms with Crippen LogP contribution in [0.4, 0.5) is 9.93 Å². The number of hydrogen-bond donors (Lipinski definition) is 2. The van der Waals surface area contributed by atoms with Gasteiger partial charge < -0.3 is 9.84 Å². The Morgan fingerprint density at radius 1 is 1.33 bits per heavy atom. The molecule has 0 saturated heterocycles. The number of hydrogen-bond acceptors (Lipinski definition) is 5. The van der Waals surface area contributed by atoms with E-state index in [9.17, 15) is 14.7 Å². The smallest absolute Gasteiger partial charge is 0.413 e. The lowest BCUT2D eigenvalue weighted by Crippen LogP contribution is -2.27. The van der Waals surface area contributed by atoms with Crippen LogP contribution in [-0.2, 0) is 9.53 Å². The largest absolute Gasteiger partial charge is 0.481 e. The molecule has 21 heavy (non-hydrogen) atoms. The number of carboxylic acids is 1. The maximum Gasteiger partial charge on any atom is 0.413 e. The number of carbonyl (C=O) groups excluding carboxylic acids is 1. The Kier molecular flexibility index (Phi) is 5.33. The van der Waals surface area contributed by atoms with Crippen molar-refractivity contribution < 1.29 is 19.4 Å². The summed E-state index contributed by atoms with van der Waals surface area (Å²) in [7, 11) is 0. The highest BCUT2D eigenvalue weighted by atomic mass is 32.1. The molecule has 6 nitrogen and oxygen atoms in total. The molecule has 0 fully saturated rings. The van der Waals surface area contributed by atoms with E-state index in [2.05, 4.69) is 10.3 Å². The van der Waals surface area contributed by atoms with Crippen LogP contribution < -0.4 is 5.32 Å². The molecule has 1 amide bonds. The summed E-state index contributed by atoms with van der Waals surface area (Å²) in [6, 6.07) is 0. The van der Waals surface area contributed by atoms with E-state index in [1.165, 1.54) is 11.3 Å². The molecule has 1 heterocycles. The van der Waals surface area contributed by atoms with Crippen LogP contribution in [0.2, 0.25) is 0 Å². The van der Waals surface area contributed by atoms with Crippen LogP contribution in [0.5, 0.6) is 0 Å². The van der Waals surface area contributed by atoms with Crippen LogP contribution in [0.1, 0.15) is 51.1 Å². The fraction of sp³-hybridized carbons (Fsp3) is 0.643. The number of aliphatic carboxylic acids is 1. The van der Waals surface area contributed by atoms with Crippen LogP contribution in [0.3, 0.4) is 0 Å². The molecule has 1 rings (SSSR count). The summed E-state index contributed by atoms with van der Waals surface area (Å²) >= 11 is 1.17. The summed E-state index contributed by atoms with van der Waals surface area (Å²) in [6.45, 7) is 10.7. The number of carbonyl (C=O) groups is 2. The molecule has 0 spiro atoms. The van der Waals surface area contributed by atoms with Gasteiger partial charge in [-0.05, 0) is 33.6 Å². The minimum Gasteiger partial charge on any atom is -0.481 e. The first-order chi connectivity index (χ1) is 9.51. The van der Waals surface area contributed by atoms with Crippen molar-refractivity contribution in [3.63, 3.8) is 0 Å². The molecular formula is C14H22N2O4S. The predicted octanol–water partition coefficient (Wildman–Crippen LogP) is 3.62. The van der Waals surface area contributed by atoms with Crippen molar-refractivity contribution in [3.05, 3.63) is 10.6 Å². The van der Waals surface area contributed by atoms with Crippen LogP contribution >= 0.6 is 11.3 Å². The maximum atomic E-state index is 11.7. The van der Waals surface area contributed by atoms with E-state index in [4.69, 9.17) is 4.74 Å². The molecule has 2 N–H and O–H groups in total. The van der Waals surface area contributed by atoms with Crippen molar-refractivity contribution in [2.24, 2.45) is 5.92 Å². The Bertz CT molecular complexity index is 532. The van der Waals surface area contributed by atoms with Gasteiger partial charge >= 0.3 is 12.1 Å². The van der Waals surface area contributed by atoms with Crippen molar-refractivity contribution in [3.8, 4) is 0 Å². The molecule has 7 heteroatoms. The lowest BCUT2D eigenvalue weighted by Gasteiger charge is -2.18. The molecule has 0 saturated carbocycles. The van der Waals surface area contributed by atoms with E-state index in [-0.39, 0.29) is 5.92 Å². The van der Waals surface area contributed by atoms with E-state index >= 15 is 0 Å². The summed E-state index contributed by atoms with van der Waals surface area (Å²) in [6.07, 6.45) is -0.598. The van der Waals surface area contributed by atoms with Crippen LogP contribution in [0, 0.1) is 12.8 Å². The second-order valence-corrected chi connectivity index (χ2v) is 7.19. The first-order valence-electron chi connectivity index (χ1n) is 6.71. The normalized spacial score (nSPS) is 13.1. The Morgan fingerprint density at radius 3 is 2.33 bits per heavy atom. The number of aryl methyl sites for hydroxylation is 1. The van der Waals surface area contributed by atoms with Gasteiger partial charge in [-0.2, -0.15) is 0 Å². The lowest BCUT2D eigenvalue weighted by atomic mass is 9.93. The third-order valence-electron chi connectivity index (χ3n) is 2.66. The molecule has 1 atom stereocenters. The first-order valence-corrected chi connectivity index (χ1v) is 7.53. The number of thiazole rings is 1. The zero-order chi connectivity index (χ0) is 16.4. The van der Waals surface area contributed by atoms with Crippen molar-refractivity contribution in [1.29, 1.82) is 0 Å². The van der Waals surface area contributed by atoms with Gasteiger partial charge in [0.15, 0.2) is 5.13 Å². The van der Waals surface area contributed by atoms with Crippen molar-refractivity contribution >= 4 is 28.5 Å². The van der Waals surface area contributed by atoms with Crippen molar-refractivity contribution in [1.82, 2.24) is 4.98 Å². The maximum absolute atomic E-state index is 11.7. The fourth-order valence-electron chi connectivity index (χ4n) is 1.84. The predicted molar refractivity (Wildman–Crippen MR) is 81.9 cm³/mol. The quantitative estimate of drug-likeness (QED) is 0.886. The number of rotatable bonds is 4. The highest BCUT2D eigenvalue weighted by Gasteiger charge is 2.28. The molecular weight excluding hydrogens is 292 g/mol. The molecule has 0 aliphatic heterocycles. The summed E-state index contributed by atoms with van der Waals surface area (Å²) in [5.41, 5.74) is 0.0213. The highest BCUT2D eigenvalue weighted by Crippen LogP contribution is 2.34. The lowest BCUT2D eigenvalue weighted by molar-refractivity contribution is -0.139. The molecule has 1 aromatic heterocycles. The van der Waals surface area contributed by atoms with E-state index in [0.717, 1.165) is 0 Å². The minimum atomic E-state index is -0.888. The summed E-state index contributed by atoms with van der Waals surface area (Å²) < 4.78 is 5.15. The molecule has 1 aromatic rings. The number of nitrogens with zero attached hydrogens (tertiary/aromatic N) is 1. The highest BCUT2D eigenvalue weighted by molar-refractivity contribution is 7.16. The minimum absolute atomic E-state index is 0.0592. The van der Waals surface area contributed by atoms with E-state index in [1.807, 2.05) is 13.8 Å². The first kappa shape index (κ1) is 17.4. The number of aromatic nitrogens is 1. The number of carboxylic acid groups (broad SMARTS) is 1. The van der Waals surface area contributed by atoms with Crippen molar-refractivity contribution in [2.75, 3.05) is 5.32 Å². The van der Waals surface area contributed by atoms with Gasteiger partial charge in [-0.1, -0.05) is 13.8 Å². The molecule has 0 aliphatic rings.